The molecule has 84 valence electrons. The Bertz CT molecular complexity index is 150. The third-order valence-corrected chi connectivity index (χ3v) is 1.69. The van der Waals surface area contributed by atoms with Crippen LogP contribution in [0.2, 0.25) is 0 Å². The van der Waals surface area contributed by atoms with Crippen molar-refractivity contribution in [3.63, 3.8) is 0 Å². The van der Waals surface area contributed by atoms with Crippen LogP contribution in [-0.2, 0) is 14.3 Å². The molecule has 0 aromatic heterocycles. The number of rotatable bonds is 8. The van der Waals surface area contributed by atoms with E-state index < -0.39 is 0 Å². The van der Waals surface area contributed by atoms with Crippen LogP contribution in [0.5, 0.6) is 0 Å². The fraction of sp³-hybridized carbons (Fsp3) is 0.900. The molecule has 0 rings (SSSR count). The van der Waals surface area contributed by atoms with Crippen LogP contribution in [0.25, 0.3) is 0 Å². The van der Waals surface area contributed by atoms with Gasteiger partial charge in [0.1, 0.15) is 6.04 Å². The van der Waals surface area contributed by atoms with Crippen molar-refractivity contribution in [1.29, 1.82) is 0 Å². The number of hydrogen-bond acceptors (Lipinski definition) is 4. The van der Waals surface area contributed by atoms with Crippen molar-refractivity contribution in [3.8, 4) is 0 Å². The molecule has 4 heteroatoms. The van der Waals surface area contributed by atoms with Gasteiger partial charge in [-0.3, -0.25) is 4.79 Å². The highest BCUT2D eigenvalue weighted by molar-refractivity contribution is 5.75. The number of hydrogen-bond donors (Lipinski definition) is 1. The second-order valence-corrected chi connectivity index (χ2v) is 3.04. The SMILES string of the molecule is CCCOCCNC(C)C(=O)OCC. The van der Waals surface area contributed by atoms with Gasteiger partial charge in [-0.05, 0) is 20.3 Å². The zero-order valence-electron chi connectivity index (χ0n) is 9.34. The first-order valence-electron chi connectivity index (χ1n) is 5.20. The lowest BCUT2D eigenvalue weighted by Crippen LogP contribution is -2.37. The topological polar surface area (TPSA) is 47.6 Å². The summed E-state index contributed by atoms with van der Waals surface area (Å²) < 4.78 is 10.1. The molecule has 1 atom stereocenters. The third kappa shape index (κ3) is 6.86. The summed E-state index contributed by atoms with van der Waals surface area (Å²) in [6, 6.07) is -0.250. The molecule has 0 aliphatic rings. The van der Waals surface area contributed by atoms with Crippen molar-refractivity contribution < 1.29 is 14.3 Å². The summed E-state index contributed by atoms with van der Waals surface area (Å²) in [7, 11) is 0. The Morgan fingerprint density at radius 3 is 2.64 bits per heavy atom. The molecule has 0 aromatic rings. The largest absolute Gasteiger partial charge is 0.465 e. The molecule has 14 heavy (non-hydrogen) atoms. The van der Waals surface area contributed by atoms with Crippen LogP contribution >= 0.6 is 0 Å². The highest BCUT2D eigenvalue weighted by Gasteiger charge is 2.11. The monoisotopic (exact) mass is 203 g/mol. The molecule has 0 spiro atoms. The summed E-state index contributed by atoms with van der Waals surface area (Å²) in [5.74, 6) is -0.206. The molecule has 0 aromatic carbocycles. The average Bonchev–Trinajstić information content (AvgIpc) is 2.17. The lowest BCUT2D eigenvalue weighted by atomic mass is 10.3. The lowest BCUT2D eigenvalue weighted by Gasteiger charge is -2.12. The molecule has 1 N–H and O–H groups in total. The maximum Gasteiger partial charge on any atom is 0.322 e. The summed E-state index contributed by atoms with van der Waals surface area (Å²) in [6.07, 6.45) is 1.02. The van der Waals surface area contributed by atoms with E-state index >= 15 is 0 Å². The van der Waals surface area contributed by atoms with Gasteiger partial charge in [0.25, 0.3) is 0 Å². The predicted octanol–water partition coefficient (Wildman–Crippen LogP) is 0.954. The van der Waals surface area contributed by atoms with Crippen LogP contribution in [0.15, 0.2) is 0 Å². The average molecular weight is 203 g/mol. The third-order valence-electron chi connectivity index (χ3n) is 1.69. The van der Waals surface area contributed by atoms with Crippen LogP contribution in [0.3, 0.4) is 0 Å². The van der Waals surface area contributed by atoms with E-state index in [1.807, 2.05) is 0 Å². The Hall–Kier alpha value is -0.610. The Morgan fingerprint density at radius 2 is 2.07 bits per heavy atom. The van der Waals surface area contributed by atoms with Gasteiger partial charge in [-0.25, -0.2) is 0 Å². The van der Waals surface area contributed by atoms with Crippen molar-refractivity contribution in [2.45, 2.75) is 33.2 Å². The molecule has 0 saturated carbocycles. The van der Waals surface area contributed by atoms with Crippen molar-refractivity contribution in [1.82, 2.24) is 5.32 Å². The van der Waals surface area contributed by atoms with Gasteiger partial charge in [-0.15, -0.1) is 0 Å². The van der Waals surface area contributed by atoms with E-state index in [1.165, 1.54) is 0 Å². The maximum atomic E-state index is 11.1. The minimum absolute atomic E-state index is 0.206. The van der Waals surface area contributed by atoms with E-state index in [-0.39, 0.29) is 12.0 Å². The number of esters is 1. The maximum absolute atomic E-state index is 11.1. The molecule has 0 bridgehead atoms. The van der Waals surface area contributed by atoms with E-state index in [1.54, 1.807) is 13.8 Å². The highest BCUT2D eigenvalue weighted by atomic mass is 16.5. The highest BCUT2D eigenvalue weighted by Crippen LogP contribution is 1.87. The first-order chi connectivity index (χ1) is 6.72. The number of carbonyl (C=O) groups is 1. The summed E-state index contributed by atoms with van der Waals surface area (Å²) in [5.41, 5.74) is 0. The van der Waals surface area contributed by atoms with Crippen molar-refractivity contribution in [2.24, 2.45) is 0 Å². The summed E-state index contributed by atoms with van der Waals surface area (Å²) >= 11 is 0. The lowest BCUT2D eigenvalue weighted by molar-refractivity contribution is -0.145. The van der Waals surface area contributed by atoms with Crippen LogP contribution in [0.1, 0.15) is 27.2 Å². The molecule has 0 heterocycles. The molecule has 1 unspecified atom stereocenters. The molecular formula is C10H21NO3. The predicted molar refractivity (Wildman–Crippen MR) is 55.2 cm³/mol. The Morgan fingerprint density at radius 1 is 1.36 bits per heavy atom. The van der Waals surface area contributed by atoms with Crippen molar-refractivity contribution >= 4 is 5.97 Å². The van der Waals surface area contributed by atoms with E-state index in [0.29, 0.717) is 19.8 Å². The van der Waals surface area contributed by atoms with Crippen LogP contribution in [0, 0.1) is 0 Å². The Labute approximate surface area is 86.0 Å². The zero-order valence-corrected chi connectivity index (χ0v) is 9.34. The van der Waals surface area contributed by atoms with E-state index in [2.05, 4.69) is 12.2 Å². The molecule has 0 saturated heterocycles. The van der Waals surface area contributed by atoms with Gasteiger partial charge in [0, 0.05) is 13.2 Å². The molecule has 0 aliphatic carbocycles. The van der Waals surface area contributed by atoms with E-state index in [4.69, 9.17) is 9.47 Å². The van der Waals surface area contributed by atoms with Crippen LogP contribution in [-0.4, -0.2) is 38.4 Å². The normalized spacial score (nSPS) is 12.5. The number of nitrogens with one attached hydrogen (secondary N) is 1. The molecule has 4 nitrogen and oxygen atoms in total. The minimum Gasteiger partial charge on any atom is -0.465 e. The smallest absolute Gasteiger partial charge is 0.322 e. The van der Waals surface area contributed by atoms with Gasteiger partial charge < -0.3 is 14.8 Å². The minimum atomic E-state index is -0.250. The van der Waals surface area contributed by atoms with E-state index in [9.17, 15) is 4.79 Å². The Balaban J connectivity index is 3.34. The molecular weight excluding hydrogens is 182 g/mol. The van der Waals surface area contributed by atoms with Gasteiger partial charge in [0.2, 0.25) is 0 Å². The second-order valence-electron chi connectivity index (χ2n) is 3.04. The Kier molecular flexibility index (Phi) is 8.57. The van der Waals surface area contributed by atoms with Crippen LogP contribution in [0.4, 0.5) is 0 Å². The van der Waals surface area contributed by atoms with Crippen LogP contribution < -0.4 is 5.32 Å². The van der Waals surface area contributed by atoms with E-state index in [0.717, 1.165) is 13.0 Å². The van der Waals surface area contributed by atoms with Gasteiger partial charge in [0.15, 0.2) is 0 Å². The number of ether oxygens (including phenoxy) is 2. The molecule has 0 amide bonds. The fourth-order valence-corrected chi connectivity index (χ4v) is 0.945. The quantitative estimate of drug-likeness (QED) is 0.471. The molecule has 0 aliphatic heterocycles. The summed E-state index contributed by atoms with van der Waals surface area (Å²) in [6.45, 7) is 8.17. The molecule has 0 radical (unpaired) electrons. The molecule has 0 fully saturated rings. The summed E-state index contributed by atoms with van der Waals surface area (Å²) in [5, 5.41) is 3.03. The van der Waals surface area contributed by atoms with Crippen molar-refractivity contribution in [2.75, 3.05) is 26.4 Å². The van der Waals surface area contributed by atoms with Gasteiger partial charge in [-0.1, -0.05) is 6.92 Å². The van der Waals surface area contributed by atoms with Gasteiger partial charge in [0.05, 0.1) is 13.2 Å². The van der Waals surface area contributed by atoms with Crippen molar-refractivity contribution in [3.05, 3.63) is 0 Å². The summed E-state index contributed by atoms with van der Waals surface area (Å²) in [4.78, 5) is 11.1. The van der Waals surface area contributed by atoms with Gasteiger partial charge >= 0.3 is 5.97 Å². The number of carbonyl (C=O) groups excluding carboxylic acids is 1. The standard InChI is InChI=1S/C10H21NO3/c1-4-7-13-8-6-11-9(3)10(12)14-5-2/h9,11H,4-8H2,1-3H3. The second kappa shape index (κ2) is 8.97. The fourth-order valence-electron chi connectivity index (χ4n) is 0.945. The first-order valence-corrected chi connectivity index (χ1v) is 5.20. The van der Waals surface area contributed by atoms with Gasteiger partial charge in [-0.2, -0.15) is 0 Å². The first kappa shape index (κ1) is 13.4. The zero-order chi connectivity index (χ0) is 10.8.